The van der Waals surface area contributed by atoms with Gasteiger partial charge in [-0.25, -0.2) is 9.18 Å². The van der Waals surface area contributed by atoms with Gasteiger partial charge in [0.05, 0.1) is 22.2 Å². The molecule has 86 valence electrons. The van der Waals surface area contributed by atoms with E-state index in [1.54, 1.807) is 0 Å². The van der Waals surface area contributed by atoms with Gasteiger partial charge in [-0.05, 0) is 22.0 Å². The van der Waals surface area contributed by atoms with Crippen LogP contribution in [0.25, 0.3) is 0 Å². The van der Waals surface area contributed by atoms with Gasteiger partial charge < -0.3 is 4.74 Å². The number of nitro groups is 1. The van der Waals surface area contributed by atoms with E-state index in [0.29, 0.717) is 0 Å². The molecule has 0 aliphatic heterocycles. The summed E-state index contributed by atoms with van der Waals surface area (Å²) < 4.78 is 17.5. The van der Waals surface area contributed by atoms with Crippen molar-refractivity contribution < 1.29 is 18.8 Å². The first-order chi connectivity index (χ1) is 7.45. The average Bonchev–Trinajstić information content (AvgIpc) is 2.21. The Morgan fingerprint density at radius 1 is 1.62 bits per heavy atom. The highest BCUT2D eigenvalue weighted by molar-refractivity contribution is 9.10. The second kappa shape index (κ2) is 4.88. The summed E-state index contributed by atoms with van der Waals surface area (Å²) >= 11 is 2.84. The number of nitrogens with zero attached hydrogens (tertiary/aromatic N) is 1. The maximum atomic E-state index is 13.3. The number of amides is 1. The van der Waals surface area contributed by atoms with Gasteiger partial charge in [-0.3, -0.25) is 15.4 Å². The lowest BCUT2D eigenvalue weighted by Gasteiger charge is -2.05. The van der Waals surface area contributed by atoms with E-state index in [9.17, 15) is 19.3 Å². The van der Waals surface area contributed by atoms with E-state index in [1.165, 1.54) is 0 Å². The summed E-state index contributed by atoms with van der Waals surface area (Å²) in [6, 6.07) is 1.79. The van der Waals surface area contributed by atoms with Gasteiger partial charge in [-0.15, -0.1) is 0 Å². The number of methoxy groups -OCH3 is 1. The molecule has 6 nitrogen and oxygen atoms in total. The van der Waals surface area contributed by atoms with Crippen molar-refractivity contribution >= 4 is 33.4 Å². The zero-order valence-corrected chi connectivity index (χ0v) is 9.58. The van der Waals surface area contributed by atoms with E-state index < -0.39 is 16.8 Å². The Labute approximate surface area is 97.7 Å². The second-order valence-corrected chi connectivity index (χ2v) is 3.51. The number of halogens is 2. The largest absolute Gasteiger partial charge is 0.453 e. The topological polar surface area (TPSA) is 81.5 Å². The van der Waals surface area contributed by atoms with E-state index in [-0.39, 0.29) is 15.8 Å². The number of rotatable bonds is 2. The van der Waals surface area contributed by atoms with Crippen LogP contribution in [0.4, 0.5) is 20.6 Å². The van der Waals surface area contributed by atoms with Crippen LogP contribution in [0.15, 0.2) is 16.6 Å². The summed E-state index contributed by atoms with van der Waals surface area (Å²) in [5.41, 5.74) is -0.672. The maximum Gasteiger partial charge on any atom is 0.411 e. The molecule has 0 saturated heterocycles. The van der Waals surface area contributed by atoms with Crippen LogP contribution >= 0.6 is 15.9 Å². The van der Waals surface area contributed by atoms with Gasteiger partial charge in [0.25, 0.3) is 5.69 Å². The molecular weight excluding hydrogens is 287 g/mol. The lowest BCUT2D eigenvalue weighted by molar-refractivity contribution is -0.385. The average molecular weight is 293 g/mol. The Kier molecular flexibility index (Phi) is 3.78. The van der Waals surface area contributed by atoms with Gasteiger partial charge in [0.1, 0.15) is 5.82 Å². The molecule has 0 aromatic heterocycles. The van der Waals surface area contributed by atoms with Crippen LogP contribution < -0.4 is 5.32 Å². The first kappa shape index (κ1) is 12.4. The van der Waals surface area contributed by atoms with E-state index in [0.717, 1.165) is 19.2 Å². The number of ether oxygens (including phenoxy) is 1. The molecule has 8 heteroatoms. The highest BCUT2D eigenvalue weighted by atomic mass is 79.9. The minimum Gasteiger partial charge on any atom is -0.453 e. The summed E-state index contributed by atoms with van der Waals surface area (Å²) in [6.07, 6.45) is -0.907. The predicted molar refractivity (Wildman–Crippen MR) is 56.8 cm³/mol. The van der Waals surface area contributed by atoms with Gasteiger partial charge >= 0.3 is 6.09 Å². The van der Waals surface area contributed by atoms with E-state index in [2.05, 4.69) is 20.7 Å². The van der Waals surface area contributed by atoms with Crippen molar-refractivity contribution in [1.82, 2.24) is 0 Å². The van der Waals surface area contributed by atoms with Crippen molar-refractivity contribution in [2.45, 2.75) is 0 Å². The van der Waals surface area contributed by atoms with E-state index in [4.69, 9.17) is 0 Å². The quantitative estimate of drug-likeness (QED) is 0.671. The fraction of sp³-hybridized carbons (Fsp3) is 0.125. The molecule has 0 aliphatic carbocycles. The molecule has 1 aromatic carbocycles. The fourth-order valence-electron chi connectivity index (χ4n) is 0.934. The number of benzene rings is 1. The van der Waals surface area contributed by atoms with E-state index in [1.807, 2.05) is 5.32 Å². The van der Waals surface area contributed by atoms with Crippen LogP contribution in [0.5, 0.6) is 0 Å². The SMILES string of the molecule is COC(=O)Nc1cc([N+](=O)[O-])c(Br)cc1F. The number of nitrogens with one attached hydrogen (secondary N) is 1. The second-order valence-electron chi connectivity index (χ2n) is 2.66. The molecule has 0 aliphatic rings. The van der Waals surface area contributed by atoms with Crippen LogP contribution in [0.2, 0.25) is 0 Å². The molecule has 0 radical (unpaired) electrons. The van der Waals surface area contributed by atoms with Gasteiger partial charge in [0.2, 0.25) is 0 Å². The summed E-state index contributed by atoms with van der Waals surface area (Å²) in [7, 11) is 1.10. The molecule has 1 aromatic rings. The van der Waals surface area contributed by atoms with Gasteiger partial charge in [0, 0.05) is 6.07 Å². The molecular formula is C8H6BrFN2O4. The Morgan fingerprint density at radius 2 is 2.25 bits per heavy atom. The summed E-state index contributed by atoms with van der Waals surface area (Å²) in [5, 5.41) is 12.6. The van der Waals surface area contributed by atoms with Crippen molar-refractivity contribution in [2.75, 3.05) is 12.4 Å². The van der Waals surface area contributed by atoms with Crippen molar-refractivity contribution in [3.63, 3.8) is 0 Å². The number of carbonyl (C=O) groups excluding carboxylic acids is 1. The Hall–Kier alpha value is -1.70. The lowest BCUT2D eigenvalue weighted by atomic mass is 10.2. The number of anilines is 1. The monoisotopic (exact) mass is 292 g/mol. The molecule has 0 saturated carbocycles. The summed E-state index contributed by atoms with van der Waals surface area (Å²) in [4.78, 5) is 20.7. The predicted octanol–water partition coefficient (Wildman–Crippen LogP) is 2.67. The molecule has 0 atom stereocenters. The normalized spacial score (nSPS) is 9.69. The van der Waals surface area contributed by atoms with E-state index >= 15 is 0 Å². The van der Waals surface area contributed by atoms with Gasteiger partial charge in [-0.1, -0.05) is 0 Å². The fourth-order valence-corrected chi connectivity index (χ4v) is 1.39. The number of nitro benzene ring substituents is 1. The third kappa shape index (κ3) is 2.66. The van der Waals surface area contributed by atoms with Gasteiger partial charge in [-0.2, -0.15) is 0 Å². The number of hydrogen-bond donors (Lipinski definition) is 1. The van der Waals surface area contributed by atoms with Crippen molar-refractivity contribution in [2.24, 2.45) is 0 Å². The highest BCUT2D eigenvalue weighted by Crippen LogP contribution is 2.30. The third-order valence-electron chi connectivity index (χ3n) is 1.66. The van der Waals surface area contributed by atoms with Crippen molar-refractivity contribution in [3.8, 4) is 0 Å². The minimum absolute atomic E-state index is 0.00887. The Bertz CT molecular complexity index is 452. The molecule has 0 spiro atoms. The molecule has 0 bridgehead atoms. The molecule has 1 rings (SSSR count). The Morgan fingerprint density at radius 3 is 2.75 bits per heavy atom. The minimum atomic E-state index is -0.907. The molecule has 1 N–H and O–H groups in total. The number of hydrogen-bond acceptors (Lipinski definition) is 4. The van der Waals surface area contributed by atoms with Crippen molar-refractivity contribution in [1.29, 1.82) is 0 Å². The standard InChI is InChI=1S/C8H6BrFN2O4/c1-16-8(13)11-6-3-7(12(14)15)4(9)2-5(6)10/h2-3H,1H3,(H,11,13). The van der Waals surface area contributed by atoms with Crippen LogP contribution in [0.1, 0.15) is 0 Å². The molecule has 0 fully saturated rings. The van der Waals surface area contributed by atoms with Gasteiger partial charge in [0.15, 0.2) is 0 Å². The lowest BCUT2D eigenvalue weighted by Crippen LogP contribution is -2.12. The maximum absolute atomic E-state index is 13.3. The van der Waals surface area contributed by atoms with Crippen LogP contribution in [-0.4, -0.2) is 18.1 Å². The van der Waals surface area contributed by atoms with Crippen LogP contribution in [0, 0.1) is 15.9 Å². The summed E-state index contributed by atoms with van der Waals surface area (Å²) in [6.45, 7) is 0. The molecule has 0 unspecified atom stereocenters. The molecule has 16 heavy (non-hydrogen) atoms. The zero-order chi connectivity index (χ0) is 12.3. The first-order valence-corrected chi connectivity index (χ1v) is 4.73. The van der Waals surface area contributed by atoms with Crippen molar-refractivity contribution in [3.05, 3.63) is 32.5 Å². The molecule has 0 heterocycles. The zero-order valence-electron chi connectivity index (χ0n) is 7.99. The highest BCUT2D eigenvalue weighted by Gasteiger charge is 2.17. The van der Waals surface area contributed by atoms with Crippen LogP contribution in [-0.2, 0) is 4.74 Å². The van der Waals surface area contributed by atoms with Crippen LogP contribution in [0.3, 0.4) is 0 Å². The smallest absolute Gasteiger partial charge is 0.411 e. The molecule has 1 amide bonds. The first-order valence-electron chi connectivity index (χ1n) is 3.94. The Balaban J connectivity index is 3.14. The summed E-state index contributed by atoms with van der Waals surface area (Å²) in [5.74, 6) is -0.803. The third-order valence-corrected chi connectivity index (χ3v) is 2.29. The number of carbonyl (C=O) groups is 1.